The van der Waals surface area contributed by atoms with Crippen LogP contribution in [0.4, 0.5) is 0 Å². The first-order valence-corrected chi connectivity index (χ1v) is 8.48. The molecule has 6 heteroatoms. The summed E-state index contributed by atoms with van der Waals surface area (Å²) >= 11 is 15.5. The molecule has 0 aliphatic heterocycles. The summed E-state index contributed by atoms with van der Waals surface area (Å²) in [6.07, 6.45) is 0.440. The number of hydrogen-bond acceptors (Lipinski definition) is 3. The van der Waals surface area contributed by atoms with Crippen LogP contribution in [0.25, 0.3) is 0 Å². The Kier molecular flexibility index (Phi) is 6.75. The van der Waals surface area contributed by atoms with Crippen LogP contribution in [0.2, 0.25) is 10.0 Å². The largest absolute Gasteiger partial charge is 0.492 e. The molecule has 0 saturated carbocycles. The number of carbonyl (C=O) groups excluding carboxylic acids is 1. The van der Waals surface area contributed by atoms with E-state index in [1.807, 2.05) is 24.3 Å². The summed E-state index contributed by atoms with van der Waals surface area (Å²) in [6.45, 7) is 0.349. The SMILES string of the molecule is COC(=O)[C@@H](CCOc1ccccc1Br)c1ccc(Cl)cc1Cl. The van der Waals surface area contributed by atoms with Crippen molar-refractivity contribution in [2.75, 3.05) is 13.7 Å². The molecule has 23 heavy (non-hydrogen) atoms. The molecule has 0 bridgehead atoms. The maximum absolute atomic E-state index is 12.1. The standard InChI is InChI=1S/C17H15BrCl2O3/c1-22-17(21)13(12-7-6-11(19)10-15(12)20)8-9-23-16-5-3-2-4-14(16)18/h2-7,10,13H,8-9H2,1H3/t13-/m0/s1. The highest BCUT2D eigenvalue weighted by atomic mass is 79.9. The van der Waals surface area contributed by atoms with Gasteiger partial charge in [0.1, 0.15) is 5.75 Å². The van der Waals surface area contributed by atoms with Gasteiger partial charge in [-0.15, -0.1) is 0 Å². The third-order valence-corrected chi connectivity index (χ3v) is 4.54. The van der Waals surface area contributed by atoms with Crippen LogP contribution in [-0.2, 0) is 9.53 Å². The second-order valence-corrected chi connectivity index (χ2v) is 6.51. The number of halogens is 3. The smallest absolute Gasteiger partial charge is 0.313 e. The van der Waals surface area contributed by atoms with Crippen LogP contribution >= 0.6 is 39.1 Å². The van der Waals surface area contributed by atoms with Gasteiger partial charge in [0, 0.05) is 10.0 Å². The van der Waals surface area contributed by atoms with E-state index in [1.165, 1.54) is 7.11 Å². The van der Waals surface area contributed by atoms with Gasteiger partial charge in [-0.05, 0) is 52.2 Å². The van der Waals surface area contributed by atoms with Crippen LogP contribution in [0.5, 0.6) is 5.75 Å². The monoisotopic (exact) mass is 416 g/mol. The van der Waals surface area contributed by atoms with Gasteiger partial charge in [-0.1, -0.05) is 41.4 Å². The number of rotatable bonds is 6. The molecule has 0 heterocycles. The third kappa shape index (κ3) is 4.87. The molecule has 122 valence electrons. The minimum atomic E-state index is -0.507. The lowest BCUT2D eigenvalue weighted by molar-refractivity contribution is -0.142. The first-order valence-electron chi connectivity index (χ1n) is 6.93. The molecule has 0 N–H and O–H groups in total. The summed E-state index contributed by atoms with van der Waals surface area (Å²) in [7, 11) is 1.35. The lowest BCUT2D eigenvalue weighted by Crippen LogP contribution is -2.17. The van der Waals surface area contributed by atoms with Gasteiger partial charge in [0.2, 0.25) is 0 Å². The maximum atomic E-state index is 12.1. The van der Waals surface area contributed by atoms with Gasteiger partial charge in [0.15, 0.2) is 0 Å². The molecule has 1 atom stereocenters. The summed E-state index contributed by atoms with van der Waals surface area (Å²) in [5, 5.41) is 0.959. The predicted octanol–water partition coefficient (Wildman–Crippen LogP) is 5.48. The van der Waals surface area contributed by atoms with Gasteiger partial charge in [0.05, 0.1) is 24.1 Å². The Morgan fingerprint density at radius 2 is 1.96 bits per heavy atom. The Hall–Kier alpha value is -1.23. The normalized spacial score (nSPS) is 11.8. The molecular formula is C17H15BrCl2O3. The molecular weight excluding hydrogens is 403 g/mol. The van der Waals surface area contributed by atoms with Crippen molar-refractivity contribution in [3.63, 3.8) is 0 Å². The zero-order chi connectivity index (χ0) is 16.8. The second-order valence-electron chi connectivity index (χ2n) is 4.81. The van der Waals surface area contributed by atoms with Crippen LogP contribution in [0.1, 0.15) is 17.9 Å². The third-order valence-electron chi connectivity index (χ3n) is 3.32. The van der Waals surface area contributed by atoms with Gasteiger partial charge in [-0.25, -0.2) is 0 Å². The maximum Gasteiger partial charge on any atom is 0.313 e. The average molecular weight is 418 g/mol. The van der Waals surface area contributed by atoms with E-state index in [9.17, 15) is 4.79 Å². The Bertz CT molecular complexity index is 691. The van der Waals surface area contributed by atoms with Crippen LogP contribution in [-0.4, -0.2) is 19.7 Å². The number of benzene rings is 2. The molecule has 0 fully saturated rings. The summed E-state index contributed by atoms with van der Waals surface area (Å²) in [6, 6.07) is 12.6. The molecule has 0 unspecified atom stereocenters. The van der Waals surface area contributed by atoms with Crippen LogP contribution < -0.4 is 4.74 Å². The molecule has 0 aliphatic carbocycles. The van der Waals surface area contributed by atoms with Gasteiger partial charge in [0.25, 0.3) is 0 Å². The Morgan fingerprint density at radius 3 is 2.61 bits per heavy atom. The van der Waals surface area contributed by atoms with Gasteiger partial charge in [-0.2, -0.15) is 0 Å². The molecule has 0 amide bonds. The van der Waals surface area contributed by atoms with E-state index in [-0.39, 0.29) is 5.97 Å². The van der Waals surface area contributed by atoms with Crippen molar-refractivity contribution in [1.29, 1.82) is 0 Å². The summed E-state index contributed by atoms with van der Waals surface area (Å²) < 4.78 is 11.5. The summed E-state index contributed by atoms with van der Waals surface area (Å²) in [5.74, 6) is -0.143. The van der Waals surface area contributed by atoms with Crippen molar-refractivity contribution in [2.24, 2.45) is 0 Å². The molecule has 2 aromatic carbocycles. The first kappa shape index (κ1) is 18.1. The highest BCUT2D eigenvalue weighted by Gasteiger charge is 2.24. The van der Waals surface area contributed by atoms with Crippen LogP contribution in [0, 0.1) is 0 Å². The van der Waals surface area contributed by atoms with E-state index in [0.717, 1.165) is 10.2 Å². The minimum Gasteiger partial charge on any atom is -0.492 e. The van der Waals surface area contributed by atoms with Gasteiger partial charge >= 0.3 is 5.97 Å². The minimum absolute atomic E-state index is 0.349. The summed E-state index contributed by atoms with van der Waals surface area (Å²) in [4.78, 5) is 12.1. The summed E-state index contributed by atoms with van der Waals surface area (Å²) in [5.41, 5.74) is 0.679. The van der Waals surface area contributed by atoms with Crippen LogP contribution in [0.3, 0.4) is 0 Å². The van der Waals surface area contributed by atoms with Crippen molar-refractivity contribution in [2.45, 2.75) is 12.3 Å². The average Bonchev–Trinajstić information content (AvgIpc) is 2.53. The molecule has 0 radical (unpaired) electrons. The zero-order valence-electron chi connectivity index (χ0n) is 12.4. The molecule has 0 aromatic heterocycles. The fourth-order valence-electron chi connectivity index (χ4n) is 2.18. The zero-order valence-corrected chi connectivity index (χ0v) is 15.5. The van der Waals surface area contributed by atoms with E-state index in [1.54, 1.807) is 18.2 Å². The lowest BCUT2D eigenvalue weighted by atomic mass is 9.96. The number of para-hydroxylation sites is 1. The first-order chi connectivity index (χ1) is 11.0. The van der Waals surface area contributed by atoms with E-state index in [4.69, 9.17) is 32.7 Å². The van der Waals surface area contributed by atoms with Crippen molar-refractivity contribution in [3.05, 3.63) is 62.5 Å². The molecule has 0 saturated heterocycles. The van der Waals surface area contributed by atoms with Gasteiger partial charge < -0.3 is 9.47 Å². The Balaban J connectivity index is 2.10. The quantitative estimate of drug-likeness (QED) is 0.583. The highest BCUT2D eigenvalue weighted by Crippen LogP contribution is 2.31. The van der Waals surface area contributed by atoms with Crippen LogP contribution in [0.15, 0.2) is 46.9 Å². The molecule has 0 aliphatic rings. The molecule has 2 rings (SSSR count). The van der Waals surface area contributed by atoms with Crippen molar-refractivity contribution >= 4 is 45.1 Å². The Labute approximate surface area is 153 Å². The van der Waals surface area contributed by atoms with E-state index in [2.05, 4.69) is 15.9 Å². The van der Waals surface area contributed by atoms with E-state index < -0.39 is 5.92 Å². The highest BCUT2D eigenvalue weighted by molar-refractivity contribution is 9.10. The van der Waals surface area contributed by atoms with Crippen molar-refractivity contribution < 1.29 is 14.3 Å². The Morgan fingerprint density at radius 1 is 1.22 bits per heavy atom. The molecule has 2 aromatic rings. The topological polar surface area (TPSA) is 35.5 Å². The van der Waals surface area contributed by atoms with Gasteiger partial charge in [-0.3, -0.25) is 4.79 Å². The number of carbonyl (C=O) groups is 1. The van der Waals surface area contributed by atoms with E-state index >= 15 is 0 Å². The number of esters is 1. The fraction of sp³-hybridized carbons (Fsp3) is 0.235. The molecule has 3 nitrogen and oxygen atoms in total. The predicted molar refractivity (Wildman–Crippen MR) is 95.5 cm³/mol. The number of methoxy groups -OCH3 is 1. The number of ether oxygens (including phenoxy) is 2. The van der Waals surface area contributed by atoms with E-state index in [0.29, 0.717) is 28.6 Å². The molecule has 0 spiro atoms. The second kappa shape index (κ2) is 8.57. The number of hydrogen-bond donors (Lipinski definition) is 0. The lowest BCUT2D eigenvalue weighted by Gasteiger charge is -2.17. The fourth-order valence-corrected chi connectivity index (χ4v) is 3.11. The van der Waals surface area contributed by atoms with Crippen molar-refractivity contribution in [1.82, 2.24) is 0 Å². The van der Waals surface area contributed by atoms with Crippen molar-refractivity contribution in [3.8, 4) is 5.75 Å².